The Bertz CT molecular complexity index is 1760. The Labute approximate surface area is 340 Å². The highest BCUT2D eigenvalue weighted by Gasteiger charge is 2.12. The molecule has 0 saturated carbocycles. The molecular weight excluding hydrogens is 713 g/mol. The van der Waals surface area contributed by atoms with Gasteiger partial charge in [-0.2, -0.15) is 0 Å². The fourth-order valence-corrected chi connectivity index (χ4v) is 6.34. The quantitative estimate of drug-likeness (QED) is 0.0187. The molecule has 0 fully saturated rings. The Morgan fingerprint density at radius 1 is 0.404 bits per heavy atom. The average Bonchev–Trinajstić information content (AvgIpc) is 3.24. The summed E-state index contributed by atoms with van der Waals surface area (Å²) in [6.45, 7) is 5.80. The van der Waals surface area contributed by atoms with E-state index in [2.05, 4.69) is 13.8 Å². The minimum Gasteiger partial charge on any atom is -0.494 e. The standard InChI is InChI=1S/C50H62O7/c1-3-5-7-9-10-11-12-13-14-15-17-19-39-55-45-33-25-42(26-34-45)49(52)57-47-35-27-43(28-36-47)50(53)56-46-29-20-40(21-30-46)22-37-48(51)41-23-31-44(32-24-41)54-38-18-16-8-6-4-2/h20-37H,3-19,38-39H2,1-2H3/b37-22+. The van der Waals surface area contributed by atoms with Gasteiger partial charge in [0.05, 0.1) is 24.3 Å². The lowest BCUT2D eigenvalue weighted by molar-refractivity contribution is 0.0730. The fraction of sp³-hybridized carbons (Fsp3) is 0.420. The SMILES string of the molecule is CCCCCCCCCCCCCCOc1ccc(C(=O)Oc2ccc(C(=O)Oc3ccc(/C=C/C(=O)c4ccc(OCCCCCCC)cc4)cc3)cc2)cc1. The molecule has 0 radical (unpaired) electrons. The third-order valence-electron chi connectivity index (χ3n) is 9.83. The molecule has 0 spiro atoms. The van der Waals surface area contributed by atoms with Gasteiger partial charge in [0.1, 0.15) is 23.0 Å². The van der Waals surface area contributed by atoms with Crippen LogP contribution in [0.1, 0.15) is 160 Å². The summed E-state index contributed by atoms with van der Waals surface area (Å²) in [6.07, 6.45) is 24.8. The van der Waals surface area contributed by atoms with Gasteiger partial charge in [0.2, 0.25) is 0 Å². The zero-order chi connectivity index (χ0) is 40.3. The number of ether oxygens (including phenoxy) is 4. The van der Waals surface area contributed by atoms with E-state index in [9.17, 15) is 14.4 Å². The van der Waals surface area contributed by atoms with Crippen LogP contribution in [0.4, 0.5) is 0 Å². The predicted molar refractivity (Wildman–Crippen MR) is 230 cm³/mol. The van der Waals surface area contributed by atoms with Crippen molar-refractivity contribution >= 4 is 23.8 Å². The Kier molecular flexibility index (Phi) is 20.8. The Hall–Kier alpha value is -5.17. The number of ketones is 1. The highest BCUT2D eigenvalue weighted by Crippen LogP contribution is 2.21. The summed E-state index contributed by atoms with van der Waals surface area (Å²) < 4.78 is 22.7. The van der Waals surface area contributed by atoms with E-state index in [-0.39, 0.29) is 5.78 Å². The molecular formula is C50H62O7. The lowest BCUT2D eigenvalue weighted by atomic mass is 10.1. The number of hydrogen-bond acceptors (Lipinski definition) is 7. The molecule has 0 aliphatic carbocycles. The van der Waals surface area contributed by atoms with E-state index in [0.717, 1.165) is 29.9 Å². The molecule has 0 amide bonds. The maximum absolute atomic E-state index is 12.8. The van der Waals surface area contributed by atoms with Crippen LogP contribution in [0, 0.1) is 0 Å². The van der Waals surface area contributed by atoms with Gasteiger partial charge in [-0.15, -0.1) is 0 Å². The van der Waals surface area contributed by atoms with Gasteiger partial charge in [-0.1, -0.05) is 128 Å². The minimum absolute atomic E-state index is 0.117. The fourth-order valence-electron chi connectivity index (χ4n) is 6.34. The number of allylic oxidation sites excluding steroid dienone is 1. The second-order valence-corrected chi connectivity index (χ2v) is 14.6. The van der Waals surface area contributed by atoms with E-state index >= 15 is 0 Å². The van der Waals surface area contributed by atoms with Crippen LogP contribution >= 0.6 is 0 Å². The summed E-state index contributed by atoms with van der Waals surface area (Å²) in [4.78, 5) is 38.2. The third-order valence-corrected chi connectivity index (χ3v) is 9.83. The Balaban J connectivity index is 1.11. The van der Waals surface area contributed by atoms with Crippen molar-refractivity contribution in [1.82, 2.24) is 0 Å². The zero-order valence-electron chi connectivity index (χ0n) is 34.2. The second-order valence-electron chi connectivity index (χ2n) is 14.6. The first kappa shape index (κ1) is 44.5. The van der Waals surface area contributed by atoms with Crippen molar-refractivity contribution in [3.63, 3.8) is 0 Å². The van der Waals surface area contributed by atoms with Gasteiger partial charge in [0.15, 0.2) is 5.78 Å². The van der Waals surface area contributed by atoms with Crippen molar-refractivity contribution < 1.29 is 33.3 Å². The molecule has 4 aromatic rings. The van der Waals surface area contributed by atoms with E-state index in [0.29, 0.717) is 41.4 Å². The predicted octanol–water partition coefficient (Wildman–Crippen LogP) is 13.5. The van der Waals surface area contributed by atoms with E-state index in [1.54, 1.807) is 91.0 Å². The largest absolute Gasteiger partial charge is 0.494 e. The lowest BCUT2D eigenvalue weighted by Gasteiger charge is -2.08. The van der Waals surface area contributed by atoms with Crippen LogP contribution in [0.5, 0.6) is 23.0 Å². The third kappa shape index (κ3) is 17.7. The molecule has 0 unspecified atom stereocenters. The maximum Gasteiger partial charge on any atom is 0.343 e. The first-order valence-electron chi connectivity index (χ1n) is 21.3. The van der Waals surface area contributed by atoms with Crippen LogP contribution in [-0.4, -0.2) is 30.9 Å². The zero-order valence-corrected chi connectivity index (χ0v) is 34.2. The molecule has 0 heterocycles. The van der Waals surface area contributed by atoms with Gasteiger partial charge in [0.25, 0.3) is 0 Å². The van der Waals surface area contributed by atoms with Gasteiger partial charge in [0, 0.05) is 5.56 Å². The first-order valence-corrected chi connectivity index (χ1v) is 21.3. The second kappa shape index (κ2) is 26.6. The number of rotatable bonds is 28. The molecule has 0 aromatic heterocycles. The number of unbranched alkanes of at least 4 members (excludes halogenated alkanes) is 15. The van der Waals surface area contributed by atoms with E-state index in [1.807, 2.05) is 12.1 Å². The maximum atomic E-state index is 12.8. The van der Waals surface area contributed by atoms with Crippen LogP contribution in [-0.2, 0) is 0 Å². The number of hydrogen-bond donors (Lipinski definition) is 0. The number of esters is 2. The summed E-state index contributed by atoms with van der Waals surface area (Å²) in [6, 6.07) is 27.2. The summed E-state index contributed by atoms with van der Waals surface area (Å²) in [7, 11) is 0. The molecule has 4 aromatic carbocycles. The van der Waals surface area contributed by atoms with Crippen LogP contribution in [0.2, 0.25) is 0 Å². The van der Waals surface area contributed by atoms with Gasteiger partial charge in [-0.05, 0) is 109 Å². The topological polar surface area (TPSA) is 88.1 Å². The van der Waals surface area contributed by atoms with Gasteiger partial charge < -0.3 is 18.9 Å². The minimum atomic E-state index is -0.547. The Morgan fingerprint density at radius 2 is 0.737 bits per heavy atom. The van der Waals surface area contributed by atoms with Gasteiger partial charge >= 0.3 is 11.9 Å². The lowest BCUT2D eigenvalue weighted by Crippen LogP contribution is -2.10. The molecule has 0 aliphatic heterocycles. The molecule has 0 bridgehead atoms. The molecule has 0 atom stereocenters. The Morgan fingerprint density at radius 3 is 1.14 bits per heavy atom. The van der Waals surface area contributed by atoms with Crippen molar-refractivity contribution in [1.29, 1.82) is 0 Å². The summed E-state index contributed by atoms with van der Waals surface area (Å²) >= 11 is 0. The van der Waals surface area contributed by atoms with E-state index in [1.165, 1.54) is 102 Å². The van der Waals surface area contributed by atoms with Crippen LogP contribution in [0.25, 0.3) is 6.08 Å². The normalized spacial score (nSPS) is 11.1. The van der Waals surface area contributed by atoms with Crippen molar-refractivity contribution in [2.75, 3.05) is 13.2 Å². The van der Waals surface area contributed by atoms with Gasteiger partial charge in [-0.3, -0.25) is 4.79 Å². The van der Waals surface area contributed by atoms with E-state index < -0.39 is 11.9 Å². The molecule has 304 valence electrons. The highest BCUT2D eigenvalue weighted by molar-refractivity contribution is 6.06. The monoisotopic (exact) mass is 774 g/mol. The molecule has 4 rings (SSSR count). The number of carbonyl (C=O) groups is 3. The molecule has 0 N–H and O–H groups in total. The summed E-state index contributed by atoms with van der Waals surface area (Å²) in [5, 5.41) is 0. The molecule has 0 aliphatic rings. The number of carbonyl (C=O) groups excluding carboxylic acids is 3. The molecule has 57 heavy (non-hydrogen) atoms. The molecule has 0 saturated heterocycles. The first-order chi connectivity index (χ1) is 27.9. The van der Waals surface area contributed by atoms with E-state index in [4.69, 9.17) is 18.9 Å². The van der Waals surface area contributed by atoms with Crippen molar-refractivity contribution in [2.45, 2.75) is 123 Å². The number of benzene rings is 4. The van der Waals surface area contributed by atoms with Crippen LogP contribution in [0.15, 0.2) is 103 Å². The smallest absolute Gasteiger partial charge is 0.343 e. The molecule has 7 heteroatoms. The van der Waals surface area contributed by atoms with Crippen molar-refractivity contribution in [3.8, 4) is 23.0 Å². The average molecular weight is 775 g/mol. The summed E-state index contributed by atoms with van der Waals surface area (Å²) in [5.41, 5.74) is 2.07. The van der Waals surface area contributed by atoms with Crippen LogP contribution in [0.3, 0.4) is 0 Å². The summed E-state index contributed by atoms with van der Waals surface area (Å²) in [5.74, 6) is 1.000. The van der Waals surface area contributed by atoms with Crippen molar-refractivity contribution in [2.24, 2.45) is 0 Å². The van der Waals surface area contributed by atoms with Crippen molar-refractivity contribution in [3.05, 3.63) is 125 Å². The molecule has 7 nitrogen and oxygen atoms in total. The van der Waals surface area contributed by atoms with Crippen LogP contribution < -0.4 is 18.9 Å². The van der Waals surface area contributed by atoms with Gasteiger partial charge in [-0.25, -0.2) is 9.59 Å². The highest BCUT2D eigenvalue weighted by atomic mass is 16.5.